The molecule has 0 aromatic heterocycles. The van der Waals surface area contributed by atoms with Crippen molar-refractivity contribution in [1.29, 1.82) is 0 Å². The standard InChI is InChI=1S/C10H12ClFN2/c1-2-4-9(13)14-8-6-3-5-7(11)10(8)12/h3,5-6H,2,4H2,1H3,(H2,13,14). The highest BCUT2D eigenvalue weighted by molar-refractivity contribution is 6.31. The van der Waals surface area contributed by atoms with Crippen molar-refractivity contribution < 1.29 is 4.39 Å². The van der Waals surface area contributed by atoms with Gasteiger partial charge in [-0.1, -0.05) is 24.6 Å². The number of amidine groups is 1. The average molecular weight is 215 g/mol. The fourth-order valence-corrected chi connectivity index (χ4v) is 1.22. The monoisotopic (exact) mass is 214 g/mol. The lowest BCUT2D eigenvalue weighted by Crippen LogP contribution is -2.10. The molecule has 2 nitrogen and oxygen atoms in total. The number of rotatable bonds is 3. The zero-order valence-corrected chi connectivity index (χ0v) is 8.68. The van der Waals surface area contributed by atoms with Crippen molar-refractivity contribution >= 4 is 23.1 Å². The number of halogens is 2. The van der Waals surface area contributed by atoms with Crippen molar-refractivity contribution in [3.8, 4) is 0 Å². The smallest absolute Gasteiger partial charge is 0.167 e. The van der Waals surface area contributed by atoms with E-state index >= 15 is 0 Å². The molecule has 0 saturated heterocycles. The molecule has 76 valence electrons. The SMILES string of the molecule is CCCC(N)=Nc1cccc(Cl)c1F. The zero-order chi connectivity index (χ0) is 10.6. The number of benzene rings is 1. The summed E-state index contributed by atoms with van der Waals surface area (Å²) in [6.45, 7) is 1.98. The number of nitrogens with two attached hydrogens (primary N) is 1. The molecule has 0 heterocycles. The molecule has 0 aliphatic carbocycles. The van der Waals surface area contributed by atoms with E-state index in [9.17, 15) is 4.39 Å². The maximum atomic E-state index is 13.3. The molecule has 0 atom stereocenters. The Kier molecular flexibility index (Phi) is 3.89. The quantitative estimate of drug-likeness (QED) is 0.609. The van der Waals surface area contributed by atoms with E-state index in [0.717, 1.165) is 6.42 Å². The van der Waals surface area contributed by atoms with Gasteiger partial charge in [-0.05, 0) is 18.6 Å². The first kappa shape index (κ1) is 11.0. The predicted molar refractivity (Wildman–Crippen MR) is 57.6 cm³/mol. The summed E-state index contributed by atoms with van der Waals surface area (Å²) in [6, 6.07) is 4.67. The third kappa shape index (κ3) is 2.70. The second-order valence-electron chi connectivity index (χ2n) is 2.93. The Labute approximate surface area is 87.6 Å². The van der Waals surface area contributed by atoms with E-state index in [4.69, 9.17) is 17.3 Å². The van der Waals surface area contributed by atoms with Crippen LogP contribution in [0.2, 0.25) is 5.02 Å². The molecule has 14 heavy (non-hydrogen) atoms. The van der Waals surface area contributed by atoms with E-state index in [2.05, 4.69) is 4.99 Å². The van der Waals surface area contributed by atoms with Crippen molar-refractivity contribution in [2.24, 2.45) is 10.7 Å². The highest BCUT2D eigenvalue weighted by Crippen LogP contribution is 2.24. The molecule has 2 N–H and O–H groups in total. The zero-order valence-electron chi connectivity index (χ0n) is 7.93. The second-order valence-corrected chi connectivity index (χ2v) is 3.33. The van der Waals surface area contributed by atoms with Gasteiger partial charge in [-0.3, -0.25) is 0 Å². The summed E-state index contributed by atoms with van der Waals surface area (Å²) in [4.78, 5) is 3.94. The predicted octanol–water partition coefficient (Wildman–Crippen LogP) is 3.27. The summed E-state index contributed by atoms with van der Waals surface area (Å²) in [6.07, 6.45) is 1.55. The molecule has 1 aromatic carbocycles. The Morgan fingerprint density at radius 1 is 1.57 bits per heavy atom. The van der Waals surface area contributed by atoms with Crippen LogP contribution in [0.5, 0.6) is 0 Å². The minimum Gasteiger partial charge on any atom is -0.387 e. The van der Waals surface area contributed by atoms with Crippen LogP contribution in [0.3, 0.4) is 0 Å². The number of nitrogens with zero attached hydrogens (tertiary/aromatic N) is 1. The summed E-state index contributed by atoms with van der Waals surface area (Å²) < 4.78 is 13.3. The van der Waals surface area contributed by atoms with Gasteiger partial charge in [-0.2, -0.15) is 0 Å². The number of hydrogen-bond acceptors (Lipinski definition) is 1. The van der Waals surface area contributed by atoms with Crippen LogP contribution in [0.25, 0.3) is 0 Å². The largest absolute Gasteiger partial charge is 0.387 e. The van der Waals surface area contributed by atoms with Crippen LogP contribution >= 0.6 is 11.6 Å². The van der Waals surface area contributed by atoms with Crippen LogP contribution in [-0.2, 0) is 0 Å². The van der Waals surface area contributed by atoms with E-state index < -0.39 is 5.82 Å². The normalized spacial score (nSPS) is 11.8. The molecular weight excluding hydrogens is 203 g/mol. The molecule has 1 aromatic rings. The number of hydrogen-bond donors (Lipinski definition) is 1. The third-order valence-corrected chi connectivity index (χ3v) is 1.99. The van der Waals surface area contributed by atoms with Crippen LogP contribution in [0.15, 0.2) is 23.2 Å². The van der Waals surface area contributed by atoms with Gasteiger partial charge in [-0.15, -0.1) is 0 Å². The van der Waals surface area contributed by atoms with E-state index in [0.29, 0.717) is 12.3 Å². The van der Waals surface area contributed by atoms with Crippen LogP contribution < -0.4 is 5.73 Å². The van der Waals surface area contributed by atoms with Crippen LogP contribution in [-0.4, -0.2) is 5.84 Å². The Bertz CT molecular complexity index is 350. The van der Waals surface area contributed by atoms with Gasteiger partial charge in [-0.25, -0.2) is 9.38 Å². The lowest BCUT2D eigenvalue weighted by atomic mass is 10.3. The molecule has 0 saturated carbocycles. The molecule has 0 radical (unpaired) electrons. The van der Waals surface area contributed by atoms with Crippen molar-refractivity contribution in [2.75, 3.05) is 0 Å². The maximum Gasteiger partial charge on any atom is 0.167 e. The Balaban J connectivity index is 2.96. The summed E-state index contributed by atoms with van der Waals surface area (Å²) in [5.74, 6) is -0.0955. The van der Waals surface area contributed by atoms with Crippen LogP contribution in [0, 0.1) is 5.82 Å². The first-order valence-corrected chi connectivity index (χ1v) is 4.80. The minimum absolute atomic E-state index is 0.0653. The summed E-state index contributed by atoms with van der Waals surface area (Å²) >= 11 is 5.59. The fraction of sp³-hybridized carbons (Fsp3) is 0.300. The van der Waals surface area contributed by atoms with Crippen LogP contribution in [0.1, 0.15) is 19.8 Å². The van der Waals surface area contributed by atoms with E-state index in [1.165, 1.54) is 6.07 Å². The molecule has 1 rings (SSSR count). The molecule has 0 unspecified atom stereocenters. The summed E-state index contributed by atoms with van der Waals surface area (Å²) in [5.41, 5.74) is 5.77. The Hall–Kier alpha value is -1.09. The number of aliphatic imine (C=N–C) groups is 1. The second kappa shape index (κ2) is 4.96. The molecule has 0 amide bonds. The lowest BCUT2D eigenvalue weighted by Gasteiger charge is -2.00. The Morgan fingerprint density at radius 3 is 2.93 bits per heavy atom. The molecular formula is C10H12ClFN2. The van der Waals surface area contributed by atoms with Gasteiger partial charge in [0.1, 0.15) is 5.69 Å². The fourth-order valence-electron chi connectivity index (χ4n) is 1.05. The van der Waals surface area contributed by atoms with E-state index in [1.54, 1.807) is 12.1 Å². The highest BCUT2D eigenvalue weighted by Gasteiger charge is 2.04. The Morgan fingerprint density at radius 2 is 2.29 bits per heavy atom. The summed E-state index contributed by atoms with van der Waals surface area (Å²) in [5, 5.41) is 0.0653. The van der Waals surface area contributed by atoms with Crippen molar-refractivity contribution in [3.05, 3.63) is 29.0 Å². The van der Waals surface area contributed by atoms with E-state index in [1.807, 2.05) is 6.92 Å². The molecule has 0 spiro atoms. The van der Waals surface area contributed by atoms with Gasteiger partial charge in [0.25, 0.3) is 0 Å². The van der Waals surface area contributed by atoms with Crippen molar-refractivity contribution in [3.63, 3.8) is 0 Å². The maximum absolute atomic E-state index is 13.3. The van der Waals surface area contributed by atoms with Gasteiger partial charge >= 0.3 is 0 Å². The van der Waals surface area contributed by atoms with Gasteiger partial charge in [0.05, 0.1) is 10.9 Å². The molecule has 0 aliphatic heterocycles. The molecule has 0 bridgehead atoms. The van der Waals surface area contributed by atoms with Crippen molar-refractivity contribution in [2.45, 2.75) is 19.8 Å². The van der Waals surface area contributed by atoms with Crippen molar-refractivity contribution in [1.82, 2.24) is 0 Å². The molecule has 0 fully saturated rings. The minimum atomic E-state index is -0.520. The van der Waals surface area contributed by atoms with Gasteiger partial charge < -0.3 is 5.73 Å². The topological polar surface area (TPSA) is 38.4 Å². The average Bonchev–Trinajstić information content (AvgIpc) is 2.13. The first-order valence-electron chi connectivity index (χ1n) is 4.42. The molecule has 0 aliphatic rings. The molecule has 4 heteroatoms. The third-order valence-electron chi connectivity index (χ3n) is 1.70. The van der Waals surface area contributed by atoms with Gasteiger partial charge in [0, 0.05) is 6.42 Å². The van der Waals surface area contributed by atoms with Crippen LogP contribution in [0.4, 0.5) is 10.1 Å². The van der Waals surface area contributed by atoms with Gasteiger partial charge in [0.2, 0.25) is 0 Å². The van der Waals surface area contributed by atoms with E-state index in [-0.39, 0.29) is 10.7 Å². The van der Waals surface area contributed by atoms with Gasteiger partial charge in [0.15, 0.2) is 5.82 Å². The highest BCUT2D eigenvalue weighted by atomic mass is 35.5. The lowest BCUT2D eigenvalue weighted by molar-refractivity contribution is 0.630. The first-order chi connectivity index (χ1) is 6.65. The summed E-state index contributed by atoms with van der Waals surface area (Å²) in [7, 11) is 0.